The van der Waals surface area contributed by atoms with Gasteiger partial charge in [0.1, 0.15) is 0 Å². The summed E-state index contributed by atoms with van der Waals surface area (Å²) < 4.78 is 7.05. The zero-order valence-electron chi connectivity index (χ0n) is 17.7. The van der Waals surface area contributed by atoms with E-state index in [1.165, 1.54) is 0 Å². The third-order valence-electron chi connectivity index (χ3n) is 6.53. The number of piperidine rings is 2. The van der Waals surface area contributed by atoms with Crippen LogP contribution >= 0.6 is 0 Å². The van der Waals surface area contributed by atoms with E-state index in [0.29, 0.717) is 31.5 Å². The lowest BCUT2D eigenvalue weighted by Crippen LogP contribution is -2.47. The summed E-state index contributed by atoms with van der Waals surface area (Å²) in [6.45, 7) is 6.69. The Balaban J connectivity index is 1.31. The van der Waals surface area contributed by atoms with E-state index >= 15 is 0 Å². The van der Waals surface area contributed by atoms with Crippen LogP contribution in [-0.2, 0) is 20.9 Å². The maximum Gasteiger partial charge on any atom is 0.310 e. The maximum absolute atomic E-state index is 12.6. The normalized spacial score (nSPS) is 26.4. The number of hydrogen-bond acceptors (Lipinski definition) is 5. The molecule has 3 aliphatic heterocycles. The highest BCUT2D eigenvalue weighted by Gasteiger charge is 2.34. The number of fused-ring (bicyclic) bond motifs is 4. The number of rotatable bonds is 5. The Bertz CT molecular complexity index is 877. The average molecular weight is 414 g/mol. The zero-order chi connectivity index (χ0) is 21.1. The minimum Gasteiger partial charge on any atom is -0.466 e. The molecule has 4 rings (SSSR count). The van der Waals surface area contributed by atoms with Gasteiger partial charge in [0.05, 0.1) is 12.5 Å². The second kappa shape index (κ2) is 9.16. The summed E-state index contributed by atoms with van der Waals surface area (Å²) in [5, 5.41) is 0. The second-order valence-electron chi connectivity index (χ2n) is 8.69. The number of likely N-dealkylation sites (tertiary alicyclic amines) is 2. The summed E-state index contributed by atoms with van der Waals surface area (Å²) >= 11 is 0. The van der Waals surface area contributed by atoms with Gasteiger partial charge >= 0.3 is 5.97 Å². The predicted molar refractivity (Wildman–Crippen MR) is 113 cm³/mol. The summed E-state index contributed by atoms with van der Waals surface area (Å²) in [4.78, 5) is 40.9. The van der Waals surface area contributed by atoms with Gasteiger partial charge in [-0.3, -0.25) is 19.3 Å². The van der Waals surface area contributed by atoms with Crippen molar-refractivity contribution < 1.29 is 14.3 Å². The lowest BCUT2D eigenvalue weighted by molar-refractivity contribution is -0.150. The van der Waals surface area contributed by atoms with E-state index in [2.05, 4.69) is 11.0 Å². The highest BCUT2D eigenvalue weighted by Crippen LogP contribution is 2.34. The molecule has 162 valence electrons. The fourth-order valence-corrected chi connectivity index (χ4v) is 5.18. The highest BCUT2D eigenvalue weighted by molar-refractivity contribution is 5.88. The summed E-state index contributed by atoms with van der Waals surface area (Å²) in [5.41, 5.74) is 1.24. The largest absolute Gasteiger partial charge is 0.466 e. The van der Waals surface area contributed by atoms with Crippen molar-refractivity contribution >= 4 is 11.9 Å². The number of carbonyl (C=O) groups excluding carboxylic acids is 2. The number of esters is 1. The van der Waals surface area contributed by atoms with Crippen molar-refractivity contribution in [2.45, 2.75) is 38.6 Å². The Labute approximate surface area is 177 Å². The molecule has 3 atom stereocenters. The fraction of sp³-hybridized carbons (Fsp3) is 0.609. The van der Waals surface area contributed by atoms with Gasteiger partial charge in [-0.25, -0.2) is 0 Å². The molecule has 4 heterocycles. The van der Waals surface area contributed by atoms with Crippen LogP contribution in [0.2, 0.25) is 0 Å². The highest BCUT2D eigenvalue weighted by atomic mass is 16.5. The maximum atomic E-state index is 12.6. The first-order valence-electron chi connectivity index (χ1n) is 11.1. The topological polar surface area (TPSA) is 71.8 Å². The van der Waals surface area contributed by atoms with Crippen molar-refractivity contribution in [2.75, 3.05) is 39.3 Å². The van der Waals surface area contributed by atoms with Gasteiger partial charge in [0.15, 0.2) is 0 Å². The standard InChI is InChI=1S/C23H31N3O4/c1-2-30-23(29)18-6-4-11-25(16-18)21(27)9-5-10-24-13-17-12-19(15-24)20-7-3-8-22(28)26(20)14-17/h3,5,7-9,17-19H,2,4,6,10-16H2,1H3. The molecule has 0 aromatic carbocycles. The molecule has 3 aliphatic rings. The lowest BCUT2D eigenvalue weighted by atomic mass is 9.83. The van der Waals surface area contributed by atoms with Gasteiger partial charge in [-0.15, -0.1) is 0 Å². The van der Waals surface area contributed by atoms with Gasteiger partial charge < -0.3 is 14.2 Å². The van der Waals surface area contributed by atoms with E-state index in [1.807, 2.05) is 16.7 Å². The number of nitrogens with zero attached hydrogens (tertiary/aromatic N) is 3. The van der Waals surface area contributed by atoms with Gasteiger partial charge in [-0.1, -0.05) is 12.1 Å². The van der Waals surface area contributed by atoms with E-state index in [9.17, 15) is 14.4 Å². The molecule has 0 aliphatic carbocycles. The van der Waals surface area contributed by atoms with Crippen LogP contribution in [0.1, 0.15) is 37.8 Å². The third kappa shape index (κ3) is 4.51. The van der Waals surface area contributed by atoms with Gasteiger partial charge in [-0.05, 0) is 38.2 Å². The van der Waals surface area contributed by atoms with Crippen molar-refractivity contribution in [1.29, 1.82) is 0 Å². The minimum absolute atomic E-state index is 0.0295. The molecule has 1 aromatic heterocycles. The first kappa shape index (κ1) is 20.8. The summed E-state index contributed by atoms with van der Waals surface area (Å²) in [5.74, 6) is 0.424. The monoisotopic (exact) mass is 413 g/mol. The smallest absolute Gasteiger partial charge is 0.310 e. The Kier molecular flexibility index (Phi) is 6.37. The quantitative estimate of drug-likeness (QED) is 0.542. The van der Waals surface area contributed by atoms with Crippen molar-refractivity contribution in [2.24, 2.45) is 11.8 Å². The number of amides is 1. The van der Waals surface area contributed by atoms with E-state index < -0.39 is 0 Å². The molecule has 0 spiro atoms. The summed E-state index contributed by atoms with van der Waals surface area (Å²) in [6, 6.07) is 5.57. The number of pyridine rings is 1. The van der Waals surface area contributed by atoms with Gasteiger partial charge in [-0.2, -0.15) is 0 Å². The molecule has 0 N–H and O–H groups in total. The van der Waals surface area contributed by atoms with Crippen LogP contribution in [-0.4, -0.2) is 65.6 Å². The number of hydrogen-bond donors (Lipinski definition) is 0. The molecule has 30 heavy (non-hydrogen) atoms. The Morgan fingerprint density at radius 1 is 1.20 bits per heavy atom. The van der Waals surface area contributed by atoms with E-state index in [1.54, 1.807) is 24.0 Å². The van der Waals surface area contributed by atoms with Crippen molar-refractivity contribution in [3.63, 3.8) is 0 Å². The predicted octanol–water partition coefficient (Wildman–Crippen LogP) is 1.63. The van der Waals surface area contributed by atoms with E-state index in [0.717, 1.165) is 51.1 Å². The van der Waals surface area contributed by atoms with E-state index in [4.69, 9.17) is 4.74 Å². The van der Waals surface area contributed by atoms with Gasteiger partial charge in [0.2, 0.25) is 5.91 Å². The van der Waals surface area contributed by atoms with Gasteiger partial charge in [0.25, 0.3) is 5.56 Å². The molecule has 7 nitrogen and oxygen atoms in total. The number of aromatic nitrogens is 1. The molecule has 2 saturated heterocycles. The second-order valence-corrected chi connectivity index (χ2v) is 8.69. The van der Waals surface area contributed by atoms with Crippen LogP contribution in [0.3, 0.4) is 0 Å². The SMILES string of the molecule is CCOC(=O)C1CCCN(C(=O)C=CCN2CC3CC(C2)c2cccc(=O)n2C3)C1. The third-order valence-corrected chi connectivity index (χ3v) is 6.53. The molecular weight excluding hydrogens is 382 g/mol. The molecule has 0 saturated carbocycles. The average Bonchev–Trinajstić information content (AvgIpc) is 2.75. The van der Waals surface area contributed by atoms with Crippen molar-refractivity contribution in [3.8, 4) is 0 Å². The first-order valence-corrected chi connectivity index (χ1v) is 11.1. The Morgan fingerprint density at radius 2 is 2.07 bits per heavy atom. The summed E-state index contributed by atoms with van der Waals surface area (Å²) in [7, 11) is 0. The number of carbonyl (C=O) groups is 2. The summed E-state index contributed by atoms with van der Waals surface area (Å²) in [6.07, 6.45) is 6.34. The molecule has 2 bridgehead atoms. The van der Waals surface area contributed by atoms with E-state index in [-0.39, 0.29) is 23.4 Å². The van der Waals surface area contributed by atoms with Crippen molar-refractivity contribution in [1.82, 2.24) is 14.4 Å². The molecule has 0 radical (unpaired) electrons. The molecule has 3 unspecified atom stereocenters. The van der Waals surface area contributed by atoms with Crippen LogP contribution in [0.25, 0.3) is 0 Å². The lowest BCUT2D eigenvalue weighted by Gasteiger charge is -2.42. The molecule has 1 amide bonds. The van der Waals surface area contributed by atoms with Crippen LogP contribution in [0.15, 0.2) is 35.1 Å². The van der Waals surface area contributed by atoms with Crippen LogP contribution in [0, 0.1) is 11.8 Å². The molecular formula is C23H31N3O4. The van der Waals surface area contributed by atoms with Crippen molar-refractivity contribution in [3.05, 3.63) is 46.4 Å². The Hall–Kier alpha value is -2.41. The molecule has 2 fully saturated rings. The van der Waals surface area contributed by atoms with Crippen LogP contribution < -0.4 is 5.56 Å². The zero-order valence-corrected chi connectivity index (χ0v) is 17.7. The Morgan fingerprint density at radius 3 is 2.90 bits per heavy atom. The van der Waals surface area contributed by atoms with Crippen LogP contribution in [0.5, 0.6) is 0 Å². The fourth-order valence-electron chi connectivity index (χ4n) is 5.18. The minimum atomic E-state index is -0.207. The first-order chi connectivity index (χ1) is 14.5. The molecule has 1 aromatic rings. The van der Waals surface area contributed by atoms with Gasteiger partial charge in [0, 0.05) is 63.0 Å². The number of ether oxygens (including phenoxy) is 1. The molecule has 7 heteroatoms. The van der Waals surface area contributed by atoms with Crippen LogP contribution in [0.4, 0.5) is 0 Å².